The van der Waals surface area contributed by atoms with Crippen LogP contribution in [-0.4, -0.2) is 61.8 Å². The third-order valence-electron chi connectivity index (χ3n) is 3.36. The number of nitrogens with two attached hydrogens (primary N) is 1. The number of ether oxygens (including phenoxy) is 1. The number of carbonyl (C=O) groups excluding carboxylic acids is 1. The van der Waals surface area contributed by atoms with Gasteiger partial charge in [0, 0.05) is 26.2 Å². The summed E-state index contributed by atoms with van der Waals surface area (Å²) in [6, 6.07) is 0. The molecule has 0 radical (unpaired) electrons. The Balaban J connectivity index is 2.34. The van der Waals surface area contributed by atoms with Gasteiger partial charge in [-0.2, -0.15) is 0 Å². The number of hydrogen-bond donors (Lipinski definition) is 1. The van der Waals surface area contributed by atoms with Gasteiger partial charge in [-0.15, -0.1) is 0 Å². The highest BCUT2D eigenvalue weighted by Crippen LogP contribution is 2.08. The maximum atomic E-state index is 11.9. The summed E-state index contributed by atoms with van der Waals surface area (Å²) in [6.45, 7) is 12.0. The molecule has 0 aromatic carbocycles. The van der Waals surface area contributed by atoms with E-state index in [4.69, 9.17) is 10.5 Å². The molecule has 0 aromatic rings. The van der Waals surface area contributed by atoms with Gasteiger partial charge in [0.05, 0.1) is 6.61 Å². The van der Waals surface area contributed by atoms with Gasteiger partial charge in [0.15, 0.2) is 0 Å². The van der Waals surface area contributed by atoms with E-state index in [1.165, 1.54) is 0 Å². The molecule has 1 rings (SSSR count). The summed E-state index contributed by atoms with van der Waals surface area (Å²) in [5.74, 6) is 0.900. The second-order valence-electron chi connectivity index (χ2n) is 5.95. The van der Waals surface area contributed by atoms with Crippen LogP contribution in [-0.2, 0) is 4.74 Å². The predicted molar refractivity (Wildman–Crippen MR) is 77.0 cm³/mol. The Morgan fingerprint density at radius 2 is 1.95 bits per heavy atom. The van der Waals surface area contributed by atoms with Crippen molar-refractivity contribution < 1.29 is 9.53 Å². The van der Waals surface area contributed by atoms with Gasteiger partial charge in [-0.3, -0.25) is 0 Å². The minimum Gasteiger partial charge on any atom is -0.449 e. The largest absolute Gasteiger partial charge is 0.449 e. The number of amides is 1. The lowest BCUT2D eigenvalue weighted by molar-refractivity contribution is 0.0929. The Morgan fingerprint density at radius 1 is 1.21 bits per heavy atom. The van der Waals surface area contributed by atoms with Gasteiger partial charge in [-0.05, 0) is 31.3 Å². The van der Waals surface area contributed by atoms with Crippen molar-refractivity contribution in [3.05, 3.63) is 0 Å². The highest BCUT2D eigenvalue weighted by atomic mass is 16.6. The molecule has 0 saturated carbocycles. The Bertz CT molecular complexity index is 271. The van der Waals surface area contributed by atoms with E-state index in [1.54, 1.807) is 0 Å². The molecular weight excluding hydrogens is 242 g/mol. The number of carbonyl (C=O) groups is 1. The van der Waals surface area contributed by atoms with Crippen molar-refractivity contribution in [2.24, 2.45) is 17.6 Å². The van der Waals surface area contributed by atoms with Crippen LogP contribution in [0.25, 0.3) is 0 Å². The van der Waals surface area contributed by atoms with E-state index in [0.29, 0.717) is 18.4 Å². The number of rotatable bonds is 5. The zero-order valence-electron chi connectivity index (χ0n) is 12.6. The van der Waals surface area contributed by atoms with Crippen LogP contribution in [0.15, 0.2) is 0 Å². The normalized spacial score (nSPS) is 19.3. The van der Waals surface area contributed by atoms with Crippen molar-refractivity contribution in [2.75, 3.05) is 45.9 Å². The average molecular weight is 271 g/mol. The van der Waals surface area contributed by atoms with Gasteiger partial charge in [0.25, 0.3) is 0 Å². The summed E-state index contributed by atoms with van der Waals surface area (Å²) in [7, 11) is 0. The molecule has 5 nitrogen and oxygen atoms in total. The average Bonchev–Trinajstić information content (AvgIpc) is 2.61. The van der Waals surface area contributed by atoms with Crippen LogP contribution in [0.3, 0.4) is 0 Å². The Kier molecular flexibility index (Phi) is 7.16. The fourth-order valence-corrected chi connectivity index (χ4v) is 2.18. The molecule has 0 aliphatic carbocycles. The highest BCUT2D eigenvalue weighted by molar-refractivity contribution is 5.67. The first-order valence-corrected chi connectivity index (χ1v) is 7.37. The van der Waals surface area contributed by atoms with E-state index in [0.717, 1.165) is 45.7 Å². The van der Waals surface area contributed by atoms with E-state index in [-0.39, 0.29) is 6.09 Å². The fourth-order valence-electron chi connectivity index (χ4n) is 2.18. The Labute approximate surface area is 117 Å². The van der Waals surface area contributed by atoms with Crippen LogP contribution in [0.4, 0.5) is 4.79 Å². The highest BCUT2D eigenvalue weighted by Gasteiger charge is 2.20. The first-order chi connectivity index (χ1) is 9.02. The minimum absolute atomic E-state index is 0.164. The lowest BCUT2D eigenvalue weighted by Crippen LogP contribution is -2.37. The van der Waals surface area contributed by atoms with Crippen molar-refractivity contribution in [3.8, 4) is 0 Å². The van der Waals surface area contributed by atoms with Gasteiger partial charge in [-0.1, -0.05) is 20.8 Å². The molecule has 1 heterocycles. The standard InChI is InChI=1S/C14H29N3O2/c1-12(2)11-19-14(18)17-6-4-5-16(7-8-17)10-13(3)9-15/h12-13H,4-11,15H2,1-3H3. The molecule has 5 heteroatoms. The monoisotopic (exact) mass is 271 g/mol. The molecule has 1 saturated heterocycles. The molecule has 1 unspecified atom stereocenters. The van der Waals surface area contributed by atoms with Crippen LogP contribution in [0.1, 0.15) is 27.2 Å². The van der Waals surface area contributed by atoms with Crippen molar-refractivity contribution in [1.82, 2.24) is 9.80 Å². The second kappa shape index (κ2) is 8.38. The van der Waals surface area contributed by atoms with Gasteiger partial charge >= 0.3 is 6.09 Å². The van der Waals surface area contributed by atoms with Crippen LogP contribution in [0, 0.1) is 11.8 Å². The molecule has 0 bridgehead atoms. The van der Waals surface area contributed by atoms with Crippen molar-refractivity contribution in [2.45, 2.75) is 27.2 Å². The number of nitrogens with zero attached hydrogens (tertiary/aromatic N) is 2. The van der Waals surface area contributed by atoms with Gasteiger partial charge < -0.3 is 20.3 Å². The van der Waals surface area contributed by atoms with Crippen LogP contribution in [0.5, 0.6) is 0 Å². The minimum atomic E-state index is -0.164. The van der Waals surface area contributed by atoms with Gasteiger partial charge in [0.2, 0.25) is 0 Å². The Morgan fingerprint density at radius 3 is 2.58 bits per heavy atom. The summed E-state index contributed by atoms with van der Waals surface area (Å²) in [4.78, 5) is 16.1. The maximum absolute atomic E-state index is 11.9. The molecule has 112 valence electrons. The van der Waals surface area contributed by atoms with E-state index in [2.05, 4.69) is 11.8 Å². The first kappa shape index (κ1) is 16.2. The fraction of sp³-hybridized carbons (Fsp3) is 0.929. The molecule has 19 heavy (non-hydrogen) atoms. The van der Waals surface area contributed by atoms with Crippen molar-refractivity contribution in [1.29, 1.82) is 0 Å². The topological polar surface area (TPSA) is 58.8 Å². The number of hydrogen-bond acceptors (Lipinski definition) is 4. The molecule has 2 N–H and O–H groups in total. The predicted octanol–water partition coefficient (Wildman–Crippen LogP) is 1.38. The van der Waals surface area contributed by atoms with E-state index < -0.39 is 0 Å². The summed E-state index contributed by atoms with van der Waals surface area (Å²) >= 11 is 0. The zero-order chi connectivity index (χ0) is 14.3. The van der Waals surface area contributed by atoms with Gasteiger partial charge in [-0.25, -0.2) is 4.79 Å². The smallest absolute Gasteiger partial charge is 0.409 e. The van der Waals surface area contributed by atoms with Crippen LogP contribution < -0.4 is 5.73 Å². The molecule has 1 atom stereocenters. The third-order valence-corrected chi connectivity index (χ3v) is 3.36. The van der Waals surface area contributed by atoms with Crippen LogP contribution in [0.2, 0.25) is 0 Å². The molecule has 1 aliphatic rings. The third kappa shape index (κ3) is 6.25. The first-order valence-electron chi connectivity index (χ1n) is 7.37. The van der Waals surface area contributed by atoms with E-state index in [9.17, 15) is 4.79 Å². The van der Waals surface area contributed by atoms with E-state index in [1.807, 2.05) is 18.7 Å². The van der Waals surface area contributed by atoms with Crippen molar-refractivity contribution in [3.63, 3.8) is 0 Å². The molecule has 1 aliphatic heterocycles. The summed E-state index contributed by atoms with van der Waals surface area (Å²) in [5, 5.41) is 0. The van der Waals surface area contributed by atoms with E-state index >= 15 is 0 Å². The summed E-state index contributed by atoms with van der Waals surface area (Å²) in [6.07, 6.45) is 0.844. The van der Waals surface area contributed by atoms with Crippen molar-refractivity contribution >= 4 is 6.09 Å². The van der Waals surface area contributed by atoms with Gasteiger partial charge in [0.1, 0.15) is 0 Å². The zero-order valence-corrected chi connectivity index (χ0v) is 12.6. The summed E-state index contributed by atoms with van der Waals surface area (Å²) < 4.78 is 5.28. The lowest BCUT2D eigenvalue weighted by atomic mass is 10.1. The molecule has 0 spiro atoms. The maximum Gasteiger partial charge on any atom is 0.409 e. The second-order valence-corrected chi connectivity index (χ2v) is 5.95. The molecular formula is C14H29N3O2. The van der Waals surface area contributed by atoms with Crippen LogP contribution >= 0.6 is 0 Å². The lowest BCUT2D eigenvalue weighted by Gasteiger charge is -2.24. The Hall–Kier alpha value is -0.810. The molecule has 1 fully saturated rings. The SMILES string of the molecule is CC(C)COC(=O)N1CCCN(CC(C)CN)CC1. The molecule has 0 aromatic heterocycles. The summed E-state index contributed by atoms with van der Waals surface area (Å²) in [5.41, 5.74) is 5.66. The quantitative estimate of drug-likeness (QED) is 0.821. The molecule has 1 amide bonds.